The van der Waals surface area contributed by atoms with Crippen molar-refractivity contribution in [3.05, 3.63) is 135 Å². The molecule has 0 aromatic heterocycles. The van der Waals surface area contributed by atoms with E-state index >= 15 is 0 Å². The average molecular weight is 582 g/mol. The summed E-state index contributed by atoms with van der Waals surface area (Å²) in [4.78, 5) is 10.7. The van der Waals surface area contributed by atoms with Crippen LogP contribution in [-0.4, -0.2) is 13.3 Å². The molecule has 4 aromatic rings. The van der Waals surface area contributed by atoms with Gasteiger partial charge >= 0.3 is 0 Å². The van der Waals surface area contributed by atoms with Gasteiger partial charge in [-0.2, -0.15) is 0 Å². The number of nitrogens with zero attached hydrogens (tertiary/aromatic N) is 1. The smallest absolute Gasteiger partial charge is 0.269 e. The van der Waals surface area contributed by atoms with E-state index in [9.17, 15) is 18.5 Å². The zero-order valence-corrected chi connectivity index (χ0v) is 24.1. The first-order chi connectivity index (χ1) is 20.2. The van der Waals surface area contributed by atoms with Crippen molar-refractivity contribution < 1.29 is 18.1 Å². The minimum Gasteiger partial charge on any atom is -0.489 e. The molecule has 1 aliphatic carbocycles. The number of benzene rings is 4. The molecular weight excluding hydrogens is 550 g/mol. The standard InChI is InChI=1S/C33H31N3O5S/c1-21-5-3-6-22(2)32(21)35-42(39,40)27-17-18-31-30(19-27)28-7-4-8-29(28)33(34-31)24-11-15-26(16-12-24)41-20-23-9-13-25(14-10-23)36(37)38/h3-7,9-19,28-29,33-35H,8,20H2,1-2H3/t28-,29+,33+/m0/s1. The fourth-order valence-electron chi connectivity index (χ4n) is 5.89. The second-order valence-electron chi connectivity index (χ2n) is 10.9. The molecule has 4 aromatic carbocycles. The van der Waals surface area contributed by atoms with Gasteiger partial charge < -0.3 is 10.1 Å². The van der Waals surface area contributed by atoms with Crippen molar-refractivity contribution >= 4 is 27.1 Å². The second-order valence-corrected chi connectivity index (χ2v) is 12.6. The third kappa shape index (κ3) is 5.35. The zero-order chi connectivity index (χ0) is 29.4. The molecule has 0 saturated carbocycles. The molecule has 1 aliphatic heterocycles. The first-order valence-corrected chi connectivity index (χ1v) is 15.3. The lowest BCUT2D eigenvalue weighted by atomic mass is 9.77. The number of para-hydroxylation sites is 1. The maximum Gasteiger partial charge on any atom is 0.269 e. The number of allylic oxidation sites excluding steroid dienone is 2. The lowest BCUT2D eigenvalue weighted by Gasteiger charge is -2.37. The molecule has 2 N–H and O–H groups in total. The Balaban J connectivity index is 1.19. The number of rotatable bonds is 8. The van der Waals surface area contributed by atoms with Gasteiger partial charge in [0, 0.05) is 23.7 Å². The molecular formula is C33H31N3O5S. The minimum absolute atomic E-state index is 0.0521. The quantitative estimate of drug-likeness (QED) is 0.127. The molecule has 214 valence electrons. The van der Waals surface area contributed by atoms with E-state index in [1.165, 1.54) is 12.1 Å². The molecule has 0 spiro atoms. The Morgan fingerprint density at radius 2 is 1.69 bits per heavy atom. The van der Waals surface area contributed by atoms with Gasteiger partial charge in [-0.1, -0.05) is 42.5 Å². The van der Waals surface area contributed by atoms with Gasteiger partial charge in [0.1, 0.15) is 12.4 Å². The molecule has 8 nitrogen and oxygen atoms in total. The number of nitro benzene ring substituents is 1. The Labute approximate surface area is 245 Å². The number of non-ortho nitro benzene ring substituents is 1. The summed E-state index contributed by atoms with van der Waals surface area (Å²) in [6.45, 7) is 4.10. The molecule has 0 fully saturated rings. The number of nitro groups is 1. The maximum atomic E-state index is 13.4. The third-order valence-corrected chi connectivity index (χ3v) is 9.50. The van der Waals surface area contributed by atoms with Crippen molar-refractivity contribution in [3.8, 4) is 5.75 Å². The fraction of sp³-hybridized carbons (Fsp3) is 0.212. The van der Waals surface area contributed by atoms with E-state index in [0.717, 1.165) is 39.9 Å². The van der Waals surface area contributed by atoms with E-state index < -0.39 is 14.9 Å². The Bertz CT molecular complexity index is 1760. The molecule has 2 aliphatic rings. The summed E-state index contributed by atoms with van der Waals surface area (Å²) in [5.74, 6) is 1.05. The van der Waals surface area contributed by atoms with Crippen LogP contribution in [0, 0.1) is 29.9 Å². The summed E-state index contributed by atoms with van der Waals surface area (Å²) >= 11 is 0. The number of ether oxygens (including phenoxy) is 1. The summed E-state index contributed by atoms with van der Waals surface area (Å²) in [6, 6.07) is 25.4. The highest BCUT2D eigenvalue weighted by Crippen LogP contribution is 2.50. The summed E-state index contributed by atoms with van der Waals surface area (Å²) in [5.41, 5.74) is 6.31. The highest BCUT2D eigenvalue weighted by atomic mass is 32.2. The molecule has 0 radical (unpaired) electrons. The Kier molecular flexibility index (Phi) is 7.20. The van der Waals surface area contributed by atoms with Crippen LogP contribution in [0.5, 0.6) is 5.75 Å². The zero-order valence-electron chi connectivity index (χ0n) is 23.3. The van der Waals surface area contributed by atoms with Crippen molar-refractivity contribution in [1.29, 1.82) is 0 Å². The van der Waals surface area contributed by atoms with Gasteiger partial charge in [-0.25, -0.2) is 8.42 Å². The van der Waals surface area contributed by atoms with Crippen molar-refractivity contribution in [3.63, 3.8) is 0 Å². The van der Waals surface area contributed by atoms with Gasteiger partial charge in [0.25, 0.3) is 15.7 Å². The third-order valence-electron chi connectivity index (χ3n) is 8.15. The summed E-state index contributed by atoms with van der Waals surface area (Å²) < 4.78 is 35.5. The minimum atomic E-state index is -3.77. The van der Waals surface area contributed by atoms with E-state index in [2.05, 4.69) is 34.3 Å². The molecule has 0 unspecified atom stereocenters. The molecule has 42 heavy (non-hydrogen) atoms. The monoisotopic (exact) mass is 581 g/mol. The van der Waals surface area contributed by atoms with Crippen molar-refractivity contribution in [2.45, 2.75) is 43.7 Å². The van der Waals surface area contributed by atoms with E-state index in [0.29, 0.717) is 18.0 Å². The van der Waals surface area contributed by atoms with E-state index in [1.54, 1.807) is 24.3 Å². The predicted octanol–water partition coefficient (Wildman–Crippen LogP) is 7.42. The molecule has 0 amide bonds. The average Bonchev–Trinajstić information content (AvgIpc) is 3.48. The van der Waals surface area contributed by atoms with Crippen LogP contribution in [0.15, 0.2) is 102 Å². The van der Waals surface area contributed by atoms with Gasteiger partial charge in [0.15, 0.2) is 0 Å². The largest absolute Gasteiger partial charge is 0.489 e. The highest BCUT2D eigenvalue weighted by Gasteiger charge is 2.38. The van der Waals surface area contributed by atoms with E-state index in [4.69, 9.17) is 4.74 Å². The van der Waals surface area contributed by atoms with E-state index in [1.807, 2.05) is 50.2 Å². The number of nitrogens with one attached hydrogen (secondary N) is 2. The van der Waals surface area contributed by atoms with E-state index in [-0.39, 0.29) is 28.5 Å². The number of hydrogen-bond acceptors (Lipinski definition) is 6. The van der Waals surface area contributed by atoms with Crippen LogP contribution in [0.4, 0.5) is 17.1 Å². The molecule has 6 rings (SSSR count). The van der Waals surface area contributed by atoms with Crippen LogP contribution in [0.3, 0.4) is 0 Å². The number of anilines is 2. The first-order valence-electron chi connectivity index (χ1n) is 13.8. The number of fused-ring (bicyclic) bond motifs is 3. The number of sulfonamides is 1. The van der Waals surface area contributed by atoms with Crippen LogP contribution < -0.4 is 14.8 Å². The van der Waals surface area contributed by atoms with Crippen LogP contribution in [0.2, 0.25) is 0 Å². The molecule has 1 heterocycles. The van der Waals surface area contributed by atoms with Crippen molar-refractivity contribution in [1.82, 2.24) is 0 Å². The fourth-order valence-corrected chi connectivity index (χ4v) is 7.13. The second kappa shape index (κ2) is 11.0. The Morgan fingerprint density at radius 1 is 0.976 bits per heavy atom. The van der Waals surface area contributed by atoms with Gasteiger partial charge in [-0.15, -0.1) is 0 Å². The lowest BCUT2D eigenvalue weighted by molar-refractivity contribution is -0.384. The molecule has 0 bridgehead atoms. The summed E-state index contributed by atoms with van der Waals surface area (Å²) in [5, 5.41) is 14.5. The van der Waals surface area contributed by atoms with Crippen LogP contribution >= 0.6 is 0 Å². The predicted molar refractivity (Wildman–Crippen MR) is 163 cm³/mol. The van der Waals surface area contributed by atoms with Gasteiger partial charge in [0.05, 0.1) is 21.5 Å². The van der Waals surface area contributed by atoms with Crippen molar-refractivity contribution in [2.24, 2.45) is 5.92 Å². The van der Waals surface area contributed by atoms with Gasteiger partial charge in [-0.3, -0.25) is 14.8 Å². The van der Waals surface area contributed by atoms with Crippen LogP contribution in [0.1, 0.15) is 46.2 Å². The highest BCUT2D eigenvalue weighted by molar-refractivity contribution is 7.92. The van der Waals surface area contributed by atoms with Gasteiger partial charge in [-0.05, 0) is 96.5 Å². The topological polar surface area (TPSA) is 111 Å². The normalized spacial score (nSPS) is 19.0. The molecule has 3 atom stereocenters. The van der Waals surface area contributed by atoms with Crippen LogP contribution in [-0.2, 0) is 16.6 Å². The van der Waals surface area contributed by atoms with Crippen LogP contribution in [0.25, 0.3) is 0 Å². The maximum absolute atomic E-state index is 13.4. The first kappa shape index (κ1) is 27.5. The SMILES string of the molecule is Cc1cccc(C)c1NS(=O)(=O)c1ccc2c(c1)[C@H]1C=CC[C@H]1[C@@H](c1ccc(OCc3ccc([N+](=O)[O-])cc3)cc1)N2. The Morgan fingerprint density at radius 3 is 2.38 bits per heavy atom. The lowest BCUT2D eigenvalue weighted by Crippen LogP contribution is -2.29. The molecule has 0 saturated heterocycles. The number of hydrogen-bond donors (Lipinski definition) is 2. The Hall–Kier alpha value is -4.63. The summed E-state index contributed by atoms with van der Waals surface area (Å²) in [7, 11) is -3.77. The summed E-state index contributed by atoms with van der Waals surface area (Å²) in [6.07, 6.45) is 5.25. The molecule has 9 heteroatoms. The van der Waals surface area contributed by atoms with Crippen molar-refractivity contribution in [2.75, 3.05) is 10.0 Å². The van der Waals surface area contributed by atoms with Gasteiger partial charge in [0.2, 0.25) is 0 Å². The number of aryl methyl sites for hydroxylation is 2.